The van der Waals surface area contributed by atoms with Gasteiger partial charge in [0, 0.05) is 19.0 Å². The number of methoxy groups -OCH3 is 1. The number of amides is 1. The van der Waals surface area contributed by atoms with Gasteiger partial charge in [-0.05, 0) is 38.4 Å². The fourth-order valence-corrected chi connectivity index (χ4v) is 5.96. The summed E-state index contributed by atoms with van der Waals surface area (Å²) >= 11 is 12.7. The summed E-state index contributed by atoms with van der Waals surface area (Å²) in [5.74, 6) is -0.663. The molecule has 8 heteroatoms. The number of carbonyl (C=O) groups is 2. The fraction of sp³-hybridized carbons (Fsp3) is 0.742. The second kappa shape index (κ2) is 19.6. The van der Waals surface area contributed by atoms with Gasteiger partial charge in [0.25, 0.3) is 5.91 Å². The zero-order valence-corrected chi connectivity index (χ0v) is 25.9. The van der Waals surface area contributed by atoms with Crippen LogP contribution in [0.2, 0.25) is 10.0 Å². The van der Waals surface area contributed by atoms with Gasteiger partial charge >= 0.3 is 5.97 Å². The van der Waals surface area contributed by atoms with Gasteiger partial charge in [0.1, 0.15) is 5.56 Å². The van der Waals surface area contributed by atoms with Gasteiger partial charge in [-0.25, -0.2) is 0 Å². The summed E-state index contributed by atoms with van der Waals surface area (Å²) in [5.41, 5.74) is 0.0646. The number of esters is 1. The van der Waals surface area contributed by atoms with Gasteiger partial charge in [0.2, 0.25) is 0 Å². The van der Waals surface area contributed by atoms with Crippen molar-refractivity contribution in [2.24, 2.45) is 0 Å². The van der Waals surface area contributed by atoms with Gasteiger partial charge in [-0.1, -0.05) is 114 Å². The van der Waals surface area contributed by atoms with E-state index in [0.717, 1.165) is 45.2 Å². The molecule has 1 aliphatic rings. The van der Waals surface area contributed by atoms with Crippen LogP contribution in [0.5, 0.6) is 11.5 Å². The Labute approximate surface area is 246 Å². The van der Waals surface area contributed by atoms with Gasteiger partial charge in [-0.2, -0.15) is 0 Å². The summed E-state index contributed by atoms with van der Waals surface area (Å²) in [5, 5.41) is 3.28. The number of unbranched alkanes of at least 4 members (excludes halogenated alkanes) is 12. The number of carbonyl (C=O) groups excluding carboxylic acids is 2. The number of likely N-dealkylation sites (tertiary alicyclic amines) is 1. The molecule has 0 saturated carbocycles. The highest BCUT2D eigenvalue weighted by Gasteiger charge is 2.28. The molecule has 0 aliphatic carbocycles. The maximum absolute atomic E-state index is 13.3. The Bertz CT molecular complexity index is 881. The number of rotatable bonds is 20. The summed E-state index contributed by atoms with van der Waals surface area (Å²) in [7, 11) is 1.43. The molecule has 1 fully saturated rings. The highest BCUT2D eigenvalue weighted by molar-refractivity contribution is 6.37. The lowest BCUT2D eigenvalue weighted by Crippen LogP contribution is -2.40. The number of nitrogens with zero attached hydrogens (tertiary/aromatic N) is 1. The van der Waals surface area contributed by atoms with Crippen LogP contribution < -0.4 is 14.8 Å². The molecule has 0 bridgehead atoms. The van der Waals surface area contributed by atoms with Crippen molar-refractivity contribution >= 4 is 35.1 Å². The van der Waals surface area contributed by atoms with Gasteiger partial charge in [-0.15, -0.1) is 0 Å². The number of likely N-dealkylation sites (N-methyl/N-ethyl adjacent to an activating group) is 1. The molecule has 1 atom stereocenters. The van der Waals surface area contributed by atoms with Crippen LogP contribution in [0.4, 0.5) is 0 Å². The molecule has 0 spiro atoms. The van der Waals surface area contributed by atoms with Crippen LogP contribution in [-0.2, 0) is 4.79 Å². The Morgan fingerprint density at radius 1 is 0.897 bits per heavy atom. The molecule has 6 nitrogen and oxygen atoms in total. The van der Waals surface area contributed by atoms with E-state index in [1.165, 1.54) is 77.4 Å². The Morgan fingerprint density at radius 2 is 1.46 bits per heavy atom. The number of nitrogens with one attached hydrogen (secondary N) is 1. The molecule has 1 aromatic rings. The maximum Gasteiger partial charge on any atom is 0.311 e. The molecule has 0 unspecified atom stereocenters. The molecule has 1 amide bonds. The quantitative estimate of drug-likeness (QED) is 0.0943. The average molecular weight is 586 g/mol. The molecule has 1 aromatic carbocycles. The number of hydrogen-bond donors (Lipinski definition) is 1. The zero-order valence-electron chi connectivity index (χ0n) is 24.4. The molecular formula is C31H50Cl2N2O4. The van der Waals surface area contributed by atoms with Crippen molar-refractivity contribution in [1.29, 1.82) is 0 Å². The predicted molar refractivity (Wildman–Crippen MR) is 162 cm³/mol. The second-order valence-electron chi connectivity index (χ2n) is 10.7. The lowest BCUT2D eigenvalue weighted by Gasteiger charge is -2.23. The minimum Gasteiger partial charge on any atom is -0.494 e. The monoisotopic (exact) mass is 584 g/mol. The van der Waals surface area contributed by atoms with E-state index in [-0.39, 0.29) is 39.6 Å². The molecular weight excluding hydrogens is 535 g/mol. The van der Waals surface area contributed by atoms with Crippen molar-refractivity contribution in [1.82, 2.24) is 10.2 Å². The Morgan fingerprint density at radius 3 is 2.03 bits per heavy atom. The van der Waals surface area contributed by atoms with Gasteiger partial charge in [0.15, 0.2) is 11.5 Å². The topological polar surface area (TPSA) is 67.9 Å². The number of hydrogen-bond acceptors (Lipinski definition) is 5. The minimum absolute atomic E-state index is 0.00822. The molecule has 222 valence electrons. The van der Waals surface area contributed by atoms with Crippen molar-refractivity contribution < 1.29 is 19.1 Å². The number of benzene rings is 1. The highest BCUT2D eigenvalue weighted by atomic mass is 35.5. The third kappa shape index (κ3) is 11.9. The van der Waals surface area contributed by atoms with Crippen LogP contribution in [0, 0.1) is 0 Å². The Hall–Kier alpha value is -1.50. The van der Waals surface area contributed by atoms with E-state index in [4.69, 9.17) is 32.7 Å². The first-order chi connectivity index (χ1) is 18.9. The van der Waals surface area contributed by atoms with Crippen molar-refractivity contribution in [3.8, 4) is 11.5 Å². The molecule has 1 heterocycles. The van der Waals surface area contributed by atoms with E-state index < -0.39 is 11.9 Å². The molecule has 39 heavy (non-hydrogen) atoms. The van der Waals surface area contributed by atoms with E-state index in [2.05, 4.69) is 24.1 Å². The van der Waals surface area contributed by atoms with Gasteiger partial charge < -0.3 is 14.8 Å². The summed E-state index contributed by atoms with van der Waals surface area (Å²) < 4.78 is 11.1. The summed E-state index contributed by atoms with van der Waals surface area (Å²) in [6.45, 7) is 6.84. The van der Waals surface area contributed by atoms with Crippen LogP contribution in [-0.4, -0.2) is 49.6 Å². The van der Waals surface area contributed by atoms with E-state index in [1.807, 2.05) is 0 Å². The van der Waals surface area contributed by atoms with Crippen molar-refractivity contribution in [2.45, 2.75) is 123 Å². The third-order valence-corrected chi connectivity index (χ3v) is 8.24. The van der Waals surface area contributed by atoms with Gasteiger partial charge in [0.05, 0.1) is 17.2 Å². The van der Waals surface area contributed by atoms with Crippen molar-refractivity contribution in [3.05, 3.63) is 21.7 Å². The van der Waals surface area contributed by atoms with Crippen molar-refractivity contribution in [2.75, 3.05) is 26.7 Å². The fourth-order valence-electron chi connectivity index (χ4n) is 5.38. The minimum atomic E-state index is -0.414. The van der Waals surface area contributed by atoms with Crippen molar-refractivity contribution in [3.63, 3.8) is 0 Å². The standard InChI is InChI=1S/C31H50Cl2N2O4/c1-4-6-7-8-9-10-11-12-13-14-15-16-17-20-27(36)39-30-26(33)22-25(32)29(38-3)28(30)31(37)34-23-24-19-18-21-35(24)5-2/h22,24H,4-21,23H2,1-3H3,(H,34,37)/t24-/m0/s1. The zero-order chi connectivity index (χ0) is 28.5. The molecule has 1 saturated heterocycles. The van der Waals surface area contributed by atoms with E-state index >= 15 is 0 Å². The smallest absolute Gasteiger partial charge is 0.311 e. The highest BCUT2D eigenvalue weighted by Crippen LogP contribution is 2.41. The molecule has 2 rings (SSSR count). The molecule has 1 N–H and O–H groups in total. The largest absolute Gasteiger partial charge is 0.494 e. The summed E-state index contributed by atoms with van der Waals surface area (Å²) in [4.78, 5) is 28.3. The second-order valence-corrected chi connectivity index (χ2v) is 11.5. The van der Waals surface area contributed by atoms with E-state index in [1.54, 1.807) is 0 Å². The van der Waals surface area contributed by atoms with Crippen LogP contribution in [0.3, 0.4) is 0 Å². The Kier molecular flexibility index (Phi) is 16.9. The third-order valence-electron chi connectivity index (χ3n) is 7.68. The number of ether oxygens (including phenoxy) is 2. The van der Waals surface area contributed by atoms with E-state index in [0.29, 0.717) is 6.54 Å². The Balaban J connectivity index is 1.79. The lowest BCUT2D eigenvalue weighted by atomic mass is 10.0. The van der Waals surface area contributed by atoms with Crippen LogP contribution >= 0.6 is 23.2 Å². The van der Waals surface area contributed by atoms with E-state index in [9.17, 15) is 9.59 Å². The van der Waals surface area contributed by atoms with Crippen LogP contribution in [0.25, 0.3) is 0 Å². The first kappa shape index (κ1) is 33.7. The average Bonchev–Trinajstić information content (AvgIpc) is 3.39. The number of halogens is 2. The van der Waals surface area contributed by atoms with Crippen LogP contribution in [0.1, 0.15) is 127 Å². The SMILES string of the molecule is CCCCCCCCCCCCCCCC(=O)Oc1c(Cl)cc(Cl)c(OC)c1C(=O)NC[C@@H]1CCCN1CC. The normalized spacial score (nSPS) is 15.5. The summed E-state index contributed by atoms with van der Waals surface area (Å²) in [6, 6.07) is 1.73. The first-order valence-electron chi connectivity index (χ1n) is 15.2. The first-order valence-corrected chi connectivity index (χ1v) is 16.0. The van der Waals surface area contributed by atoms with Crippen LogP contribution in [0.15, 0.2) is 6.07 Å². The maximum atomic E-state index is 13.3. The van der Waals surface area contributed by atoms with Gasteiger partial charge in [-0.3, -0.25) is 14.5 Å². The lowest BCUT2D eigenvalue weighted by molar-refractivity contribution is -0.134. The molecule has 0 aromatic heterocycles. The molecule has 1 aliphatic heterocycles. The molecule has 0 radical (unpaired) electrons. The summed E-state index contributed by atoms with van der Waals surface area (Å²) in [6.07, 6.45) is 18.5. The predicted octanol–water partition coefficient (Wildman–Crippen LogP) is 8.60.